The summed E-state index contributed by atoms with van der Waals surface area (Å²) >= 11 is 0. The molecule has 0 aromatic rings. The standard InChI is InChI=1S/C8H15N3O3/c1-2-3-4-9-7(12)10-11-5-6-14-8(11)13/h2-6H2,1H3,(H2,9,10,12). The van der Waals surface area contributed by atoms with Gasteiger partial charge in [0.2, 0.25) is 0 Å². The lowest BCUT2D eigenvalue weighted by Gasteiger charge is -2.14. The van der Waals surface area contributed by atoms with Crippen molar-refractivity contribution < 1.29 is 14.3 Å². The van der Waals surface area contributed by atoms with Crippen LogP contribution >= 0.6 is 0 Å². The molecule has 0 aromatic heterocycles. The quantitative estimate of drug-likeness (QED) is 0.649. The predicted molar refractivity (Wildman–Crippen MR) is 49.5 cm³/mol. The largest absolute Gasteiger partial charge is 0.446 e. The Balaban J connectivity index is 2.16. The fourth-order valence-corrected chi connectivity index (χ4v) is 1.04. The number of hydrogen-bond acceptors (Lipinski definition) is 3. The Morgan fingerprint density at radius 1 is 1.64 bits per heavy atom. The van der Waals surface area contributed by atoms with E-state index in [-0.39, 0.29) is 6.03 Å². The molecule has 2 N–H and O–H groups in total. The fourth-order valence-electron chi connectivity index (χ4n) is 1.04. The maximum absolute atomic E-state index is 11.1. The minimum Gasteiger partial charge on any atom is -0.446 e. The zero-order valence-corrected chi connectivity index (χ0v) is 8.21. The Bertz CT molecular complexity index is 220. The van der Waals surface area contributed by atoms with Crippen LogP contribution in [0.3, 0.4) is 0 Å². The first-order chi connectivity index (χ1) is 6.74. The first-order valence-corrected chi connectivity index (χ1v) is 4.73. The van der Waals surface area contributed by atoms with Crippen molar-refractivity contribution in [1.82, 2.24) is 15.8 Å². The molecule has 14 heavy (non-hydrogen) atoms. The van der Waals surface area contributed by atoms with Crippen LogP contribution in [0.25, 0.3) is 0 Å². The van der Waals surface area contributed by atoms with E-state index in [9.17, 15) is 9.59 Å². The summed E-state index contributed by atoms with van der Waals surface area (Å²) in [5, 5.41) is 3.79. The second-order valence-corrected chi connectivity index (χ2v) is 2.99. The van der Waals surface area contributed by atoms with Gasteiger partial charge in [-0.15, -0.1) is 0 Å². The van der Waals surface area contributed by atoms with Gasteiger partial charge in [0.25, 0.3) is 0 Å². The first-order valence-electron chi connectivity index (χ1n) is 4.73. The third-order valence-electron chi connectivity index (χ3n) is 1.81. The average molecular weight is 201 g/mol. The van der Waals surface area contributed by atoms with Crippen LogP contribution in [0.4, 0.5) is 9.59 Å². The summed E-state index contributed by atoms with van der Waals surface area (Å²) in [4.78, 5) is 22.0. The number of unbranched alkanes of at least 4 members (excludes halogenated alkanes) is 1. The van der Waals surface area contributed by atoms with E-state index in [2.05, 4.69) is 15.5 Å². The van der Waals surface area contributed by atoms with E-state index in [1.807, 2.05) is 6.92 Å². The highest BCUT2D eigenvalue weighted by atomic mass is 16.6. The molecule has 6 heteroatoms. The number of rotatable bonds is 4. The van der Waals surface area contributed by atoms with Crippen molar-refractivity contribution >= 4 is 12.1 Å². The maximum Gasteiger partial charge on any atom is 0.428 e. The second-order valence-electron chi connectivity index (χ2n) is 2.99. The van der Waals surface area contributed by atoms with E-state index in [0.29, 0.717) is 19.7 Å². The molecule has 3 amide bonds. The number of ether oxygens (including phenoxy) is 1. The van der Waals surface area contributed by atoms with Gasteiger partial charge in [-0.05, 0) is 6.42 Å². The highest BCUT2D eigenvalue weighted by molar-refractivity contribution is 5.78. The van der Waals surface area contributed by atoms with Gasteiger partial charge in [-0.2, -0.15) is 0 Å². The lowest BCUT2D eigenvalue weighted by atomic mass is 10.3. The number of urea groups is 1. The van der Waals surface area contributed by atoms with E-state index in [1.165, 1.54) is 0 Å². The zero-order valence-electron chi connectivity index (χ0n) is 8.21. The number of carbonyl (C=O) groups excluding carboxylic acids is 2. The highest BCUT2D eigenvalue weighted by Crippen LogP contribution is 1.98. The maximum atomic E-state index is 11.1. The van der Waals surface area contributed by atoms with Crippen LogP contribution in [0.1, 0.15) is 19.8 Å². The molecule has 1 aliphatic heterocycles. The van der Waals surface area contributed by atoms with Gasteiger partial charge in [0.15, 0.2) is 0 Å². The van der Waals surface area contributed by atoms with Crippen LogP contribution in [0.15, 0.2) is 0 Å². The number of amides is 3. The number of carbonyl (C=O) groups is 2. The van der Waals surface area contributed by atoms with E-state index in [4.69, 9.17) is 0 Å². The molecule has 0 saturated carbocycles. The molecule has 1 saturated heterocycles. The van der Waals surface area contributed by atoms with Gasteiger partial charge < -0.3 is 10.1 Å². The van der Waals surface area contributed by atoms with Gasteiger partial charge in [0.05, 0.1) is 6.54 Å². The zero-order chi connectivity index (χ0) is 10.4. The molecule has 0 aromatic carbocycles. The Morgan fingerprint density at radius 2 is 2.43 bits per heavy atom. The summed E-state index contributed by atoms with van der Waals surface area (Å²) in [5.74, 6) is 0. The van der Waals surface area contributed by atoms with Crippen molar-refractivity contribution in [2.75, 3.05) is 19.7 Å². The number of nitrogens with zero attached hydrogens (tertiary/aromatic N) is 1. The van der Waals surface area contributed by atoms with Crippen LogP contribution in [0.2, 0.25) is 0 Å². The van der Waals surface area contributed by atoms with Crippen molar-refractivity contribution in [3.63, 3.8) is 0 Å². The lowest BCUT2D eigenvalue weighted by Crippen LogP contribution is -2.47. The van der Waals surface area contributed by atoms with Crippen molar-refractivity contribution in [1.29, 1.82) is 0 Å². The summed E-state index contributed by atoms with van der Waals surface area (Å²) in [6, 6.07) is -0.364. The average Bonchev–Trinajstić information content (AvgIpc) is 2.52. The molecule has 0 unspecified atom stereocenters. The van der Waals surface area contributed by atoms with E-state index < -0.39 is 6.09 Å². The fraction of sp³-hybridized carbons (Fsp3) is 0.750. The van der Waals surface area contributed by atoms with E-state index in [1.54, 1.807) is 0 Å². The Labute approximate surface area is 82.6 Å². The van der Waals surface area contributed by atoms with E-state index >= 15 is 0 Å². The van der Waals surface area contributed by atoms with Crippen molar-refractivity contribution in [3.8, 4) is 0 Å². The third-order valence-corrected chi connectivity index (χ3v) is 1.81. The molecule has 1 rings (SSSR count). The van der Waals surface area contributed by atoms with Gasteiger partial charge in [-0.3, -0.25) is 0 Å². The molecule has 1 aliphatic rings. The van der Waals surface area contributed by atoms with Crippen LogP contribution < -0.4 is 10.7 Å². The van der Waals surface area contributed by atoms with Gasteiger partial charge in [0, 0.05) is 6.54 Å². The van der Waals surface area contributed by atoms with Gasteiger partial charge >= 0.3 is 12.1 Å². The van der Waals surface area contributed by atoms with Gasteiger partial charge in [-0.1, -0.05) is 13.3 Å². The molecule has 0 bridgehead atoms. The number of nitrogens with one attached hydrogen (secondary N) is 2. The summed E-state index contributed by atoms with van der Waals surface area (Å²) in [6.07, 6.45) is 1.44. The minimum absolute atomic E-state index is 0.327. The Morgan fingerprint density at radius 3 is 3.00 bits per heavy atom. The summed E-state index contributed by atoms with van der Waals surface area (Å²) < 4.78 is 4.64. The first kappa shape index (κ1) is 10.6. The summed E-state index contributed by atoms with van der Waals surface area (Å²) in [5.41, 5.74) is 2.40. The third kappa shape index (κ3) is 3.12. The molecule has 0 spiro atoms. The SMILES string of the molecule is CCCCNC(=O)NN1CCOC1=O. The number of hydrogen-bond donors (Lipinski definition) is 2. The minimum atomic E-state index is -0.504. The Kier molecular flexibility index (Phi) is 4.03. The summed E-state index contributed by atoms with van der Waals surface area (Å²) in [7, 11) is 0. The molecular weight excluding hydrogens is 186 g/mol. The number of cyclic esters (lactones) is 1. The van der Waals surface area contributed by atoms with Crippen LogP contribution in [-0.2, 0) is 4.74 Å². The van der Waals surface area contributed by atoms with Crippen LogP contribution in [-0.4, -0.2) is 36.8 Å². The topological polar surface area (TPSA) is 70.7 Å². The predicted octanol–water partition coefficient (Wildman–Crippen LogP) is 0.453. The molecule has 80 valence electrons. The lowest BCUT2D eigenvalue weighted by molar-refractivity contribution is 0.146. The normalized spacial score (nSPS) is 15.2. The van der Waals surface area contributed by atoms with Crippen molar-refractivity contribution in [2.24, 2.45) is 0 Å². The molecule has 0 aliphatic carbocycles. The Hall–Kier alpha value is -1.46. The van der Waals surface area contributed by atoms with E-state index in [0.717, 1.165) is 17.9 Å². The van der Waals surface area contributed by atoms with Gasteiger partial charge in [-0.25, -0.2) is 20.0 Å². The second kappa shape index (κ2) is 5.31. The smallest absolute Gasteiger partial charge is 0.428 e. The van der Waals surface area contributed by atoms with Crippen molar-refractivity contribution in [2.45, 2.75) is 19.8 Å². The molecule has 1 heterocycles. The molecule has 6 nitrogen and oxygen atoms in total. The molecule has 0 atom stereocenters. The van der Waals surface area contributed by atoms with Gasteiger partial charge in [0.1, 0.15) is 6.61 Å². The summed E-state index contributed by atoms with van der Waals surface area (Å²) in [6.45, 7) is 3.39. The molecule has 1 fully saturated rings. The van der Waals surface area contributed by atoms with Crippen molar-refractivity contribution in [3.05, 3.63) is 0 Å². The molecular formula is C8H15N3O3. The van der Waals surface area contributed by atoms with Crippen LogP contribution in [0, 0.1) is 0 Å². The number of hydrazine groups is 1. The monoisotopic (exact) mass is 201 g/mol. The molecule has 0 radical (unpaired) electrons. The highest BCUT2D eigenvalue weighted by Gasteiger charge is 2.23. The van der Waals surface area contributed by atoms with Crippen LogP contribution in [0.5, 0.6) is 0 Å².